The number of unbranched alkanes of at least 4 members (excludes halogenated alkanes) is 1. The van der Waals surface area contributed by atoms with Gasteiger partial charge >= 0.3 is 0 Å². The van der Waals surface area contributed by atoms with E-state index < -0.39 is 0 Å². The van der Waals surface area contributed by atoms with Crippen LogP contribution in [-0.2, 0) is 6.42 Å². The maximum absolute atomic E-state index is 6.36. The highest BCUT2D eigenvalue weighted by molar-refractivity contribution is 5.83. The van der Waals surface area contributed by atoms with Crippen LogP contribution in [0, 0.1) is 6.92 Å². The van der Waals surface area contributed by atoms with Crippen LogP contribution in [0.5, 0.6) is 0 Å². The van der Waals surface area contributed by atoms with Gasteiger partial charge in [-0.05, 0) is 36.6 Å². The number of nitrogens with two attached hydrogens (primary N) is 1. The van der Waals surface area contributed by atoms with Gasteiger partial charge in [0.2, 0.25) is 0 Å². The average Bonchev–Trinajstić information content (AvgIpc) is 3.23. The Labute approximate surface area is 196 Å². The van der Waals surface area contributed by atoms with E-state index in [9.17, 15) is 0 Å². The van der Waals surface area contributed by atoms with Crippen LogP contribution in [0.4, 0.5) is 17.3 Å². The number of nitrogens with zero attached hydrogens (tertiary/aromatic N) is 4. The largest absolute Gasteiger partial charge is 0.393 e. The summed E-state index contributed by atoms with van der Waals surface area (Å²) in [5.41, 5.74) is 11.2. The van der Waals surface area contributed by atoms with Gasteiger partial charge in [0.1, 0.15) is 5.69 Å². The first kappa shape index (κ1) is 24.0. The van der Waals surface area contributed by atoms with E-state index in [1.54, 1.807) is 6.20 Å². The molecule has 7 nitrogen and oxygen atoms in total. The van der Waals surface area contributed by atoms with Gasteiger partial charge in [-0.3, -0.25) is 4.98 Å². The van der Waals surface area contributed by atoms with Gasteiger partial charge in [0.25, 0.3) is 0 Å². The first-order chi connectivity index (χ1) is 15.9. The molecule has 4 N–H and O–H groups in total. The second-order valence-corrected chi connectivity index (χ2v) is 8.31. The van der Waals surface area contributed by atoms with E-state index in [0.29, 0.717) is 29.7 Å². The molecule has 0 bridgehead atoms. The van der Waals surface area contributed by atoms with Crippen LogP contribution in [0.1, 0.15) is 37.8 Å². The molecule has 174 valence electrons. The van der Waals surface area contributed by atoms with Crippen LogP contribution >= 0.6 is 0 Å². The molecule has 0 saturated carbocycles. The highest BCUT2D eigenvalue weighted by Gasteiger charge is 2.15. The minimum Gasteiger partial charge on any atom is -0.393 e. The Kier molecular flexibility index (Phi) is 8.24. The van der Waals surface area contributed by atoms with E-state index >= 15 is 0 Å². The van der Waals surface area contributed by atoms with E-state index in [2.05, 4.69) is 63.5 Å². The molecule has 7 heteroatoms. The highest BCUT2D eigenvalue weighted by atomic mass is 15.2. The number of nitrogens with one attached hydrogen (secondary N) is 2. The van der Waals surface area contributed by atoms with Crippen molar-refractivity contribution in [2.75, 3.05) is 36.6 Å². The molecule has 4 aromatic rings. The molecule has 0 saturated heterocycles. The molecule has 3 heterocycles. The molecular formula is C26H35N7. The molecule has 0 radical (unpaired) electrons. The molecule has 0 unspecified atom stereocenters. The Bertz CT molecular complexity index is 1180. The second kappa shape index (κ2) is 11.3. The molecular weight excluding hydrogens is 410 g/mol. The van der Waals surface area contributed by atoms with Crippen molar-refractivity contribution in [2.24, 2.45) is 0 Å². The molecule has 33 heavy (non-hydrogen) atoms. The molecule has 0 spiro atoms. The van der Waals surface area contributed by atoms with Gasteiger partial charge in [-0.1, -0.05) is 44.9 Å². The van der Waals surface area contributed by atoms with Crippen LogP contribution in [0.2, 0.25) is 0 Å². The Balaban J connectivity index is 0.000000709. The van der Waals surface area contributed by atoms with Gasteiger partial charge in [0.05, 0.1) is 0 Å². The van der Waals surface area contributed by atoms with Gasteiger partial charge in [-0.2, -0.15) is 0 Å². The Hall–Kier alpha value is -3.61. The van der Waals surface area contributed by atoms with Crippen LogP contribution in [0.15, 0.2) is 48.9 Å². The Morgan fingerprint density at radius 1 is 1.06 bits per heavy atom. The number of para-hydroxylation sites is 1. The lowest BCUT2D eigenvalue weighted by Crippen LogP contribution is -2.17. The summed E-state index contributed by atoms with van der Waals surface area (Å²) in [6.45, 7) is 7.07. The first-order valence-electron chi connectivity index (χ1n) is 11.5. The summed E-state index contributed by atoms with van der Waals surface area (Å²) >= 11 is 0. The van der Waals surface area contributed by atoms with Crippen molar-refractivity contribution in [2.45, 2.75) is 40.0 Å². The third-order valence-electron chi connectivity index (χ3n) is 5.34. The topological polar surface area (TPSA) is 95.8 Å². The summed E-state index contributed by atoms with van der Waals surface area (Å²) in [6, 6.07) is 10.3. The number of pyridine rings is 1. The fourth-order valence-corrected chi connectivity index (χ4v) is 3.39. The van der Waals surface area contributed by atoms with Crippen LogP contribution in [-0.4, -0.2) is 40.6 Å². The summed E-state index contributed by atoms with van der Waals surface area (Å²) in [7, 11) is 3.85. The molecule has 0 aliphatic carbocycles. The zero-order valence-electron chi connectivity index (χ0n) is 20.3. The maximum Gasteiger partial charge on any atom is 0.165 e. The third kappa shape index (κ3) is 6.00. The first-order valence-corrected chi connectivity index (χ1v) is 11.5. The summed E-state index contributed by atoms with van der Waals surface area (Å²) in [5, 5.41) is 4.64. The lowest BCUT2D eigenvalue weighted by atomic mass is 10.1. The van der Waals surface area contributed by atoms with Crippen LogP contribution < -0.4 is 16.0 Å². The molecule has 1 aromatic carbocycles. The Morgan fingerprint density at radius 3 is 2.52 bits per heavy atom. The molecule has 0 fully saturated rings. The van der Waals surface area contributed by atoms with Crippen molar-refractivity contribution in [3.05, 3.63) is 60.0 Å². The van der Waals surface area contributed by atoms with Gasteiger partial charge < -0.3 is 20.9 Å². The number of anilines is 3. The minimum absolute atomic E-state index is 0.540. The fourth-order valence-electron chi connectivity index (χ4n) is 3.39. The second-order valence-electron chi connectivity index (χ2n) is 8.31. The van der Waals surface area contributed by atoms with Gasteiger partial charge in [0, 0.05) is 55.7 Å². The third-order valence-corrected chi connectivity index (χ3v) is 5.34. The molecule has 0 amide bonds. The van der Waals surface area contributed by atoms with Crippen molar-refractivity contribution < 1.29 is 0 Å². The minimum atomic E-state index is 0.540. The molecule has 0 atom stereocenters. The smallest absolute Gasteiger partial charge is 0.165 e. The standard InChI is InChI=1S/C22H25N7.C4H10/c1-14-10-16(12-24-11-14)20-27-21(19(23)22(28-20)29(2)3)25-9-8-15-13-26-18-7-5-4-6-17(15)18;1-3-4-2/h4-7,10-13,26H,8-9,23H2,1-3H3,(H,25,27,28);3-4H2,1-2H3. The van der Waals surface area contributed by atoms with Gasteiger partial charge in [-0.25, -0.2) is 9.97 Å². The Morgan fingerprint density at radius 2 is 1.82 bits per heavy atom. The van der Waals surface area contributed by atoms with Crippen LogP contribution in [0.25, 0.3) is 22.3 Å². The summed E-state index contributed by atoms with van der Waals surface area (Å²) in [5.74, 6) is 1.93. The summed E-state index contributed by atoms with van der Waals surface area (Å²) < 4.78 is 0. The summed E-state index contributed by atoms with van der Waals surface area (Å²) in [4.78, 5) is 18.8. The maximum atomic E-state index is 6.36. The number of fused-ring (bicyclic) bond motifs is 1. The predicted octanol–water partition coefficient (Wildman–Crippen LogP) is 5.44. The normalized spacial score (nSPS) is 10.6. The van der Waals surface area contributed by atoms with Gasteiger partial charge in [-0.15, -0.1) is 0 Å². The zero-order chi connectivity index (χ0) is 23.8. The molecule has 3 aromatic heterocycles. The van der Waals surface area contributed by atoms with Gasteiger partial charge in [0.15, 0.2) is 17.5 Å². The fraction of sp³-hybridized carbons (Fsp3) is 0.346. The van der Waals surface area contributed by atoms with E-state index in [0.717, 1.165) is 23.1 Å². The summed E-state index contributed by atoms with van der Waals surface area (Å²) in [6.07, 6.45) is 9.14. The molecule has 0 aliphatic heterocycles. The van der Waals surface area contributed by atoms with Crippen molar-refractivity contribution in [3.63, 3.8) is 0 Å². The number of aromatic nitrogens is 4. The number of aromatic amines is 1. The number of hydrogen-bond acceptors (Lipinski definition) is 6. The zero-order valence-corrected chi connectivity index (χ0v) is 20.3. The van der Waals surface area contributed by atoms with E-state index in [-0.39, 0.29) is 0 Å². The van der Waals surface area contributed by atoms with E-state index in [1.165, 1.54) is 23.8 Å². The lowest BCUT2D eigenvalue weighted by molar-refractivity contribution is 0.886. The van der Waals surface area contributed by atoms with Crippen molar-refractivity contribution in [1.29, 1.82) is 0 Å². The number of benzene rings is 1. The van der Waals surface area contributed by atoms with Crippen molar-refractivity contribution >= 4 is 28.2 Å². The number of H-pyrrole nitrogens is 1. The SMILES string of the molecule is CCCC.Cc1cncc(-c2nc(NCCc3c[nH]c4ccccc34)c(N)c(N(C)C)n2)c1. The average molecular weight is 446 g/mol. The highest BCUT2D eigenvalue weighted by Crippen LogP contribution is 2.29. The number of hydrogen-bond donors (Lipinski definition) is 3. The van der Waals surface area contributed by atoms with E-state index in [1.807, 2.05) is 44.2 Å². The van der Waals surface area contributed by atoms with E-state index in [4.69, 9.17) is 5.73 Å². The number of nitrogen functional groups attached to an aromatic ring is 1. The van der Waals surface area contributed by atoms with Crippen molar-refractivity contribution in [1.82, 2.24) is 19.9 Å². The quantitative estimate of drug-likeness (QED) is 0.351. The molecule has 4 rings (SSSR count). The van der Waals surface area contributed by atoms with Crippen LogP contribution in [0.3, 0.4) is 0 Å². The predicted molar refractivity (Wildman–Crippen MR) is 140 cm³/mol. The number of rotatable bonds is 7. The number of aryl methyl sites for hydroxylation is 1. The van der Waals surface area contributed by atoms with Crippen molar-refractivity contribution in [3.8, 4) is 11.4 Å². The molecule has 0 aliphatic rings. The monoisotopic (exact) mass is 445 g/mol. The lowest BCUT2D eigenvalue weighted by Gasteiger charge is -2.18.